The van der Waals surface area contributed by atoms with Crippen molar-refractivity contribution in [1.29, 1.82) is 0 Å². The molecule has 4 rings (SSSR count). The summed E-state index contributed by atoms with van der Waals surface area (Å²) in [5, 5.41) is 11.4. The first-order valence-electron chi connectivity index (χ1n) is 9.21. The predicted octanol–water partition coefficient (Wildman–Crippen LogP) is 2.71. The fraction of sp³-hybridized carbons (Fsp3) is 0.381. The third-order valence-corrected chi connectivity index (χ3v) is 5.19. The van der Waals surface area contributed by atoms with Crippen molar-refractivity contribution in [3.63, 3.8) is 0 Å². The van der Waals surface area contributed by atoms with E-state index in [0.717, 1.165) is 5.56 Å². The lowest BCUT2D eigenvalue weighted by molar-refractivity contribution is -0.357. The Bertz CT molecular complexity index is 829. The van der Waals surface area contributed by atoms with Gasteiger partial charge in [-0.3, -0.25) is 0 Å². The van der Waals surface area contributed by atoms with Crippen molar-refractivity contribution in [3.8, 4) is 0 Å². The van der Waals surface area contributed by atoms with Gasteiger partial charge in [0.2, 0.25) is 0 Å². The van der Waals surface area contributed by atoms with Gasteiger partial charge in [0, 0.05) is 17.7 Å². The van der Waals surface area contributed by atoms with E-state index in [9.17, 15) is 9.90 Å². The van der Waals surface area contributed by atoms with Gasteiger partial charge in [-0.2, -0.15) is 0 Å². The maximum atomic E-state index is 12.5. The van der Waals surface area contributed by atoms with Crippen LogP contribution < -0.4 is 0 Å². The first kappa shape index (κ1) is 20.3. The zero-order valence-corrected chi connectivity index (χ0v) is 16.4. The van der Waals surface area contributed by atoms with Crippen molar-refractivity contribution < 1.29 is 33.6 Å². The van der Waals surface area contributed by atoms with E-state index in [0.29, 0.717) is 10.6 Å². The molecule has 2 heterocycles. The van der Waals surface area contributed by atoms with Crippen molar-refractivity contribution in [1.82, 2.24) is 0 Å². The summed E-state index contributed by atoms with van der Waals surface area (Å²) in [6.45, 7) is 0.207. The zero-order valence-electron chi connectivity index (χ0n) is 15.6. The lowest BCUT2D eigenvalue weighted by Crippen LogP contribution is -2.63. The molecule has 2 aromatic rings. The highest BCUT2D eigenvalue weighted by Gasteiger charge is 2.51. The lowest BCUT2D eigenvalue weighted by Gasteiger charge is -2.46. The Kier molecular flexibility index (Phi) is 6.15. The second-order valence-electron chi connectivity index (χ2n) is 6.82. The summed E-state index contributed by atoms with van der Waals surface area (Å²) < 4.78 is 28.3. The summed E-state index contributed by atoms with van der Waals surface area (Å²) in [5.74, 6) is -0.624. The van der Waals surface area contributed by atoms with Crippen LogP contribution in [0.2, 0.25) is 5.02 Å². The molecule has 0 saturated carbocycles. The maximum absolute atomic E-state index is 12.5. The molecule has 0 bridgehead atoms. The van der Waals surface area contributed by atoms with E-state index in [1.54, 1.807) is 24.3 Å². The van der Waals surface area contributed by atoms with Crippen LogP contribution >= 0.6 is 11.6 Å². The van der Waals surface area contributed by atoms with Gasteiger partial charge >= 0.3 is 5.97 Å². The standard InChI is InChI=1S/C21H21ClO7/c1-25-21-18(28-19(24)12-7-9-14(22)10-8-12)16(23)17-15(27-21)11-26-20(29-17)13-5-3-2-4-6-13/h2-10,15-18,20-21,23H,11H2,1H3/t15-,16+,17+,18-,20?,21-/m1/s1. The van der Waals surface area contributed by atoms with Crippen LogP contribution in [0.15, 0.2) is 54.6 Å². The lowest BCUT2D eigenvalue weighted by atomic mass is 9.97. The number of carbonyl (C=O) groups is 1. The number of hydrogen-bond donors (Lipinski definition) is 1. The molecule has 0 aliphatic carbocycles. The summed E-state index contributed by atoms with van der Waals surface area (Å²) >= 11 is 5.86. The van der Waals surface area contributed by atoms with Crippen molar-refractivity contribution in [2.24, 2.45) is 0 Å². The van der Waals surface area contributed by atoms with E-state index in [-0.39, 0.29) is 6.61 Å². The Hall–Kier alpha value is -2.00. The molecule has 2 aliphatic heterocycles. The number of rotatable bonds is 4. The van der Waals surface area contributed by atoms with Gasteiger partial charge in [-0.25, -0.2) is 4.79 Å². The quantitative estimate of drug-likeness (QED) is 0.761. The number of aliphatic hydroxyl groups excluding tert-OH is 1. The van der Waals surface area contributed by atoms with Crippen molar-refractivity contribution in [2.75, 3.05) is 13.7 Å². The molecule has 8 heteroatoms. The summed E-state index contributed by atoms with van der Waals surface area (Å²) in [7, 11) is 1.41. The van der Waals surface area contributed by atoms with Gasteiger partial charge in [-0.15, -0.1) is 0 Å². The molecule has 29 heavy (non-hydrogen) atoms. The van der Waals surface area contributed by atoms with Crippen LogP contribution in [0.5, 0.6) is 0 Å². The highest BCUT2D eigenvalue weighted by molar-refractivity contribution is 6.30. The Labute approximate surface area is 173 Å². The molecule has 154 valence electrons. The molecule has 0 aromatic heterocycles. The van der Waals surface area contributed by atoms with E-state index in [1.807, 2.05) is 30.3 Å². The van der Waals surface area contributed by atoms with Crippen molar-refractivity contribution in [3.05, 3.63) is 70.7 Å². The molecule has 2 fully saturated rings. The highest BCUT2D eigenvalue weighted by atomic mass is 35.5. The van der Waals surface area contributed by atoms with Crippen LogP contribution in [-0.2, 0) is 23.7 Å². The molecular formula is C21H21ClO7. The number of halogens is 1. The van der Waals surface area contributed by atoms with Gasteiger partial charge in [-0.1, -0.05) is 41.9 Å². The molecular weight excluding hydrogens is 400 g/mol. The average molecular weight is 421 g/mol. The van der Waals surface area contributed by atoms with Crippen LogP contribution in [0.25, 0.3) is 0 Å². The normalized spacial score (nSPS) is 31.7. The molecule has 2 aliphatic rings. The summed E-state index contributed by atoms with van der Waals surface area (Å²) in [4.78, 5) is 12.5. The van der Waals surface area contributed by atoms with E-state index in [1.165, 1.54) is 7.11 Å². The number of ether oxygens (including phenoxy) is 5. The van der Waals surface area contributed by atoms with E-state index in [2.05, 4.69) is 0 Å². The Morgan fingerprint density at radius 3 is 2.52 bits per heavy atom. The monoisotopic (exact) mass is 420 g/mol. The van der Waals surface area contributed by atoms with Gasteiger partial charge in [-0.05, 0) is 24.3 Å². The van der Waals surface area contributed by atoms with Crippen LogP contribution in [-0.4, -0.2) is 55.5 Å². The van der Waals surface area contributed by atoms with Gasteiger partial charge in [0.15, 0.2) is 18.7 Å². The number of esters is 1. The topological polar surface area (TPSA) is 83.5 Å². The minimum atomic E-state index is -1.16. The Morgan fingerprint density at radius 2 is 1.83 bits per heavy atom. The minimum absolute atomic E-state index is 0.207. The van der Waals surface area contributed by atoms with E-state index >= 15 is 0 Å². The predicted molar refractivity (Wildman–Crippen MR) is 102 cm³/mol. The molecule has 2 aromatic carbocycles. The number of benzene rings is 2. The summed E-state index contributed by atoms with van der Waals surface area (Å²) in [6.07, 6.45) is -5.14. The Morgan fingerprint density at radius 1 is 1.10 bits per heavy atom. The summed E-state index contributed by atoms with van der Waals surface area (Å²) in [6, 6.07) is 15.6. The number of carbonyl (C=O) groups excluding carboxylic acids is 1. The number of fused-ring (bicyclic) bond motifs is 1. The fourth-order valence-electron chi connectivity index (χ4n) is 3.44. The number of methoxy groups -OCH3 is 1. The molecule has 6 atom stereocenters. The van der Waals surface area contributed by atoms with Gasteiger partial charge in [0.25, 0.3) is 0 Å². The average Bonchev–Trinajstić information content (AvgIpc) is 2.76. The second kappa shape index (κ2) is 8.79. The largest absolute Gasteiger partial charge is 0.450 e. The van der Waals surface area contributed by atoms with E-state index < -0.39 is 43.0 Å². The Balaban J connectivity index is 1.50. The highest BCUT2D eigenvalue weighted by Crippen LogP contribution is 2.35. The SMILES string of the molecule is CO[C@@H]1O[C@@H]2COC(c3ccccc3)O[C@@H]2[C@H](O)[C@H]1OC(=O)c1ccc(Cl)cc1. The summed E-state index contributed by atoms with van der Waals surface area (Å²) in [5.41, 5.74) is 1.12. The van der Waals surface area contributed by atoms with Gasteiger partial charge < -0.3 is 28.8 Å². The van der Waals surface area contributed by atoms with Gasteiger partial charge in [0.1, 0.15) is 18.3 Å². The molecule has 0 radical (unpaired) electrons. The third-order valence-electron chi connectivity index (χ3n) is 4.94. The molecule has 0 spiro atoms. The van der Waals surface area contributed by atoms with Crippen molar-refractivity contribution >= 4 is 17.6 Å². The molecule has 7 nitrogen and oxygen atoms in total. The second-order valence-corrected chi connectivity index (χ2v) is 7.26. The van der Waals surface area contributed by atoms with E-state index in [4.69, 9.17) is 35.3 Å². The zero-order chi connectivity index (χ0) is 20.4. The first-order chi connectivity index (χ1) is 14.1. The van der Waals surface area contributed by atoms with Crippen LogP contribution in [0.4, 0.5) is 0 Å². The first-order valence-corrected chi connectivity index (χ1v) is 9.59. The maximum Gasteiger partial charge on any atom is 0.338 e. The molecule has 1 unspecified atom stereocenters. The minimum Gasteiger partial charge on any atom is -0.450 e. The van der Waals surface area contributed by atoms with Crippen LogP contribution in [0.3, 0.4) is 0 Å². The third kappa shape index (κ3) is 4.30. The van der Waals surface area contributed by atoms with Crippen LogP contribution in [0.1, 0.15) is 22.2 Å². The number of aliphatic hydroxyl groups is 1. The molecule has 2 saturated heterocycles. The fourth-order valence-corrected chi connectivity index (χ4v) is 3.57. The molecule has 1 N–H and O–H groups in total. The number of hydrogen-bond acceptors (Lipinski definition) is 7. The molecule has 0 amide bonds. The van der Waals surface area contributed by atoms with Crippen LogP contribution in [0, 0.1) is 0 Å². The van der Waals surface area contributed by atoms with Gasteiger partial charge in [0.05, 0.1) is 12.2 Å². The van der Waals surface area contributed by atoms with Crippen molar-refractivity contribution in [2.45, 2.75) is 37.0 Å². The smallest absolute Gasteiger partial charge is 0.338 e.